The van der Waals surface area contributed by atoms with Gasteiger partial charge in [0.25, 0.3) is 0 Å². The maximum absolute atomic E-state index is 12.6. The summed E-state index contributed by atoms with van der Waals surface area (Å²) in [6.45, 7) is 7.64. The second-order valence-corrected chi connectivity index (χ2v) is 7.53. The minimum atomic E-state index is -3.63. The van der Waals surface area contributed by atoms with E-state index in [0.29, 0.717) is 11.5 Å². The lowest BCUT2D eigenvalue weighted by Gasteiger charge is -2.18. The second-order valence-electron chi connectivity index (χ2n) is 5.55. The molecule has 0 bridgehead atoms. The molecular formula is C16H22N2O4S. The zero-order valence-electron chi connectivity index (χ0n) is 14.1. The smallest absolute Gasteiger partial charge is 0.248 e. The van der Waals surface area contributed by atoms with Crippen molar-refractivity contribution in [2.75, 3.05) is 20.2 Å². The Morgan fingerprint density at radius 2 is 1.78 bits per heavy atom. The van der Waals surface area contributed by atoms with Gasteiger partial charge in [-0.25, -0.2) is 8.42 Å². The van der Waals surface area contributed by atoms with Gasteiger partial charge in [0.2, 0.25) is 10.0 Å². The molecule has 6 nitrogen and oxygen atoms in total. The first-order chi connectivity index (χ1) is 10.7. The van der Waals surface area contributed by atoms with E-state index in [2.05, 4.69) is 5.16 Å². The Bertz CT molecular complexity index is 757. The fourth-order valence-corrected chi connectivity index (χ4v) is 3.86. The van der Waals surface area contributed by atoms with E-state index in [9.17, 15) is 8.42 Å². The minimum Gasteiger partial charge on any atom is -0.492 e. The quantitative estimate of drug-likeness (QED) is 0.809. The van der Waals surface area contributed by atoms with Crippen molar-refractivity contribution in [3.05, 3.63) is 40.8 Å². The molecular weight excluding hydrogens is 316 g/mol. The summed E-state index contributed by atoms with van der Waals surface area (Å²) >= 11 is 0. The molecule has 126 valence electrons. The SMILES string of the molecule is Cc1cccc(C)c1OCCN(C)S(=O)(=O)c1c(C)noc1C. The largest absolute Gasteiger partial charge is 0.492 e. The maximum atomic E-state index is 12.6. The highest BCUT2D eigenvalue weighted by Gasteiger charge is 2.28. The van der Waals surface area contributed by atoms with Crippen molar-refractivity contribution in [1.29, 1.82) is 0 Å². The number of likely N-dealkylation sites (N-methyl/N-ethyl adjacent to an activating group) is 1. The van der Waals surface area contributed by atoms with Crippen molar-refractivity contribution in [1.82, 2.24) is 9.46 Å². The van der Waals surface area contributed by atoms with Crippen LogP contribution in [-0.4, -0.2) is 38.1 Å². The predicted octanol–water partition coefficient (Wildman–Crippen LogP) is 2.61. The van der Waals surface area contributed by atoms with E-state index in [1.54, 1.807) is 13.8 Å². The third kappa shape index (κ3) is 3.56. The Hall–Kier alpha value is -1.86. The number of aryl methyl sites for hydroxylation is 4. The highest BCUT2D eigenvalue weighted by Crippen LogP contribution is 2.24. The normalized spacial score (nSPS) is 11.9. The second kappa shape index (κ2) is 6.72. The number of ether oxygens (including phenoxy) is 1. The van der Waals surface area contributed by atoms with Gasteiger partial charge in [-0.05, 0) is 38.8 Å². The zero-order chi connectivity index (χ0) is 17.2. The third-order valence-corrected chi connectivity index (χ3v) is 5.80. The minimum absolute atomic E-state index is 0.132. The Kier molecular flexibility index (Phi) is 5.11. The summed E-state index contributed by atoms with van der Waals surface area (Å²) in [6, 6.07) is 5.89. The van der Waals surface area contributed by atoms with Crippen LogP contribution in [0, 0.1) is 27.7 Å². The molecule has 1 aromatic carbocycles. The third-order valence-electron chi connectivity index (χ3n) is 3.70. The van der Waals surface area contributed by atoms with Gasteiger partial charge in [-0.15, -0.1) is 0 Å². The molecule has 0 N–H and O–H groups in total. The van der Waals surface area contributed by atoms with Crippen LogP contribution in [0.2, 0.25) is 0 Å². The molecule has 7 heteroatoms. The molecule has 0 aliphatic rings. The van der Waals surface area contributed by atoms with Crippen LogP contribution >= 0.6 is 0 Å². The summed E-state index contributed by atoms with van der Waals surface area (Å²) < 4.78 is 37.1. The van der Waals surface area contributed by atoms with E-state index in [1.807, 2.05) is 32.0 Å². The van der Waals surface area contributed by atoms with Crippen LogP contribution in [0.3, 0.4) is 0 Å². The van der Waals surface area contributed by atoms with Crippen LogP contribution in [0.4, 0.5) is 0 Å². The highest BCUT2D eigenvalue weighted by atomic mass is 32.2. The van der Waals surface area contributed by atoms with Gasteiger partial charge in [0.1, 0.15) is 22.9 Å². The van der Waals surface area contributed by atoms with Crippen LogP contribution in [0.1, 0.15) is 22.6 Å². The summed E-state index contributed by atoms with van der Waals surface area (Å²) in [5.41, 5.74) is 2.42. The fraction of sp³-hybridized carbons (Fsp3) is 0.438. The molecule has 0 spiro atoms. The van der Waals surface area contributed by atoms with Crippen molar-refractivity contribution < 1.29 is 17.7 Å². The van der Waals surface area contributed by atoms with Crippen LogP contribution in [0.5, 0.6) is 5.75 Å². The monoisotopic (exact) mass is 338 g/mol. The maximum Gasteiger partial charge on any atom is 0.248 e. The molecule has 0 unspecified atom stereocenters. The lowest BCUT2D eigenvalue weighted by molar-refractivity contribution is 0.283. The van der Waals surface area contributed by atoms with E-state index in [4.69, 9.17) is 9.26 Å². The number of benzene rings is 1. The number of sulfonamides is 1. The molecule has 23 heavy (non-hydrogen) atoms. The molecule has 0 aliphatic carbocycles. The molecule has 0 saturated carbocycles. The average molecular weight is 338 g/mol. The van der Waals surface area contributed by atoms with E-state index >= 15 is 0 Å². The van der Waals surface area contributed by atoms with E-state index < -0.39 is 10.0 Å². The van der Waals surface area contributed by atoms with Gasteiger partial charge in [0.15, 0.2) is 5.76 Å². The molecule has 0 fully saturated rings. The lowest BCUT2D eigenvalue weighted by Crippen LogP contribution is -2.31. The van der Waals surface area contributed by atoms with Crippen molar-refractivity contribution >= 4 is 10.0 Å². The van der Waals surface area contributed by atoms with Gasteiger partial charge in [-0.3, -0.25) is 0 Å². The van der Waals surface area contributed by atoms with Crippen LogP contribution in [0.15, 0.2) is 27.6 Å². The summed E-state index contributed by atoms with van der Waals surface area (Å²) in [6.07, 6.45) is 0. The summed E-state index contributed by atoms with van der Waals surface area (Å²) in [7, 11) is -2.11. The first-order valence-corrected chi connectivity index (χ1v) is 8.77. The van der Waals surface area contributed by atoms with Gasteiger partial charge in [-0.2, -0.15) is 4.31 Å². The number of aromatic nitrogens is 1. The molecule has 2 rings (SSSR count). The van der Waals surface area contributed by atoms with Crippen LogP contribution in [-0.2, 0) is 10.0 Å². The number of hydrogen-bond donors (Lipinski definition) is 0. The van der Waals surface area contributed by atoms with Gasteiger partial charge in [0, 0.05) is 13.6 Å². The number of nitrogens with zero attached hydrogens (tertiary/aromatic N) is 2. The molecule has 0 amide bonds. The topological polar surface area (TPSA) is 72.6 Å². The molecule has 0 saturated heterocycles. The first kappa shape index (κ1) is 17.5. The van der Waals surface area contributed by atoms with Gasteiger partial charge >= 0.3 is 0 Å². The molecule has 0 aliphatic heterocycles. The van der Waals surface area contributed by atoms with Crippen molar-refractivity contribution in [3.8, 4) is 5.75 Å². The average Bonchev–Trinajstić information content (AvgIpc) is 2.81. The summed E-state index contributed by atoms with van der Waals surface area (Å²) in [4.78, 5) is 0.132. The van der Waals surface area contributed by atoms with Gasteiger partial charge in [0.05, 0.1) is 0 Å². The molecule has 2 aromatic rings. The number of para-hydroxylation sites is 1. The molecule has 0 atom stereocenters. The Balaban J connectivity index is 2.07. The summed E-state index contributed by atoms with van der Waals surface area (Å²) in [5, 5.41) is 3.70. The number of rotatable bonds is 6. The van der Waals surface area contributed by atoms with Crippen LogP contribution < -0.4 is 4.74 Å². The Morgan fingerprint density at radius 3 is 2.30 bits per heavy atom. The van der Waals surface area contributed by atoms with Crippen molar-refractivity contribution in [2.45, 2.75) is 32.6 Å². The fourth-order valence-electron chi connectivity index (χ4n) is 2.42. The zero-order valence-corrected chi connectivity index (χ0v) is 14.9. The van der Waals surface area contributed by atoms with Gasteiger partial charge in [-0.1, -0.05) is 23.4 Å². The standard InChI is InChI=1S/C16H22N2O4S/c1-11-7-6-8-12(2)15(11)21-10-9-18(5)23(19,20)16-13(3)17-22-14(16)4/h6-8H,9-10H2,1-5H3. The van der Waals surface area contributed by atoms with Crippen molar-refractivity contribution in [3.63, 3.8) is 0 Å². The van der Waals surface area contributed by atoms with Gasteiger partial charge < -0.3 is 9.26 Å². The molecule has 1 heterocycles. The van der Waals surface area contributed by atoms with E-state index in [0.717, 1.165) is 16.9 Å². The van der Waals surface area contributed by atoms with Crippen molar-refractivity contribution in [2.24, 2.45) is 0 Å². The van der Waals surface area contributed by atoms with E-state index in [1.165, 1.54) is 11.4 Å². The summed E-state index contributed by atoms with van der Waals surface area (Å²) in [5.74, 6) is 1.10. The molecule has 1 aromatic heterocycles. The Labute approximate surface area is 137 Å². The predicted molar refractivity (Wildman–Crippen MR) is 87.2 cm³/mol. The van der Waals surface area contributed by atoms with Crippen LogP contribution in [0.25, 0.3) is 0 Å². The Morgan fingerprint density at radius 1 is 1.17 bits per heavy atom. The lowest BCUT2D eigenvalue weighted by atomic mass is 10.1. The van der Waals surface area contributed by atoms with E-state index in [-0.39, 0.29) is 18.0 Å². The number of hydrogen-bond acceptors (Lipinski definition) is 5. The molecule has 0 radical (unpaired) electrons. The first-order valence-electron chi connectivity index (χ1n) is 7.33. The highest BCUT2D eigenvalue weighted by molar-refractivity contribution is 7.89.